The quantitative estimate of drug-likeness (QED) is 0.788. The van der Waals surface area contributed by atoms with Gasteiger partial charge in [0.15, 0.2) is 0 Å². The van der Waals surface area contributed by atoms with E-state index in [1.54, 1.807) is 20.8 Å². The highest BCUT2D eigenvalue weighted by atomic mass is 16.6. The van der Waals surface area contributed by atoms with Crippen LogP contribution >= 0.6 is 0 Å². The molecule has 0 unspecified atom stereocenters. The Balaban J connectivity index is 2.46. The highest BCUT2D eigenvalue weighted by Gasteiger charge is 2.26. The molecule has 2 N–H and O–H groups in total. The van der Waals surface area contributed by atoms with Gasteiger partial charge in [-0.1, -0.05) is 0 Å². The molecule has 0 aromatic rings. The molecule has 0 spiro atoms. The molecule has 0 aromatic heterocycles. The maximum absolute atomic E-state index is 11.5. The number of alkyl carbamates (subject to hydrolysis) is 1. The lowest BCUT2D eigenvalue weighted by Crippen LogP contribution is -2.49. The van der Waals surface area contributed by atoms with Crippen molar-refractivity contribution in [3.8, 4) is 0 Å². The molecule has 6 nitrogen and oxygen atoms in total. The number of likely N-dealkylation sites (tertiary alicyclic amines) is 1. The van der Waals surface area contributed by atoms with Gasteiger partial charge < -0.3 is 20.1 Å². The lowest BCUT2D eigenvalue weighted by Gasteiger charge is -2.24. The van der Waals surface area contributed by atoms with Gasteiger partial charge in [-0.25, -0.2) is 9.59 Å². The van der Waals surface area contributed by atoms with E-state index in [-0.39, 0.29) is 0 Å². The largest absolute Gasteiger partial charge is 0.480 e. The zero-order valence-electron chi connectivity index (χ0n) is 11.2. The van der Waals surface area contributed by atoms with Crippen molar-refractivity contribution >= 4 is 12.1 Å². The summed E-state index contributed by atoms with van der Waals surface area (Å²) in [6.07, 6.45) is 1.48. The summed E-state index contributed by atoms with van der Waals surface area (Å²) >= 11 is 0. The van der Waals surface area contributed by atoms with Crippen molar-refractivity contribution in [2.24, 2.45) is 0 Å². The van der Waals surface area contributed by atoms with Gasteiger partial charge in [-0.3, -0.25) is 0 Å². The number of ether oxygens (including phenoxy) is 1. The Hall–Kier alpha value is -1.30. The maximum atomic E-state index is 11.5. The van der Waals surface area contributed by atoms with E-state index in [2.05, 4.69) is 5.32 Å². The van der Waals surface area contributed by atoms with E-state index >= 15 is 0 Å². The van der Waals surface area contributed by atoms with Gasteiger partial charge in [-0.2, -0.15) is 0 Å². The number of carbonyl (C=O) groups excluding carboxylic acids is 1. The molecule has 6 heteroatoms. The minimum absolute atomic E-state index is 0.328. The van der Waals surface area contributed by atoms with Gasteiger partial charge in [0.25, 0.3) is 0 Å². The third-order valence-electron chi connectivity index (χ3n) is 2.63. The van der Waals surface area contributed by atoms with Gasteiger partial charge >= 0.3 is 12.1 Å². The van der Waals surface area contributed by atoms with Crippen molar-refractivity contribution in [3.63, 3.8) is 0 Å². The molecule has 1 amide bonds. The third-order valence-corrected chi connectivity index (χ3v) is 2.63. The Kier molecular flexibility index (Phi) is 4.95. The SMILES string of the molecule is CC(C)(C)OC(=O)N[C@@H](CN1CCCC1)C(=O)O. The monoisotopic (exact) mass is 258 g/mol. The number of carboxylic acids is 1. The molecule has 0 bridgehead atoms. The number of nitrogens with one attached hydrogen (secondary N) is 1. The maximum Gasteiger partial charge on any atom is 0.408 e. The summed E-state index contributed by atoms with van der Waals surface area (Å²) in [6, 6.07) is -0.919. The van der Waals surface area contributed by atoms with E-state index in [0.29, 0.717) is 6.54 Å². The van der Waals surface area contributed by atoms with Crippen LogP contribution in [0.3, 0.4) is 0 Å². The number of aliphatic carboxylic acids is 1. The zero-order valence-corrected chi connectivity index (χ0v) is 11.2. The molecule has 1 saturated heterocycles. The summed E-state index contributed by atoms with van der Waals surface area (Å²) in [5.74, 6) is -1.03. The second-order valence-corrected chi connectivity index (χ2v) is 5.54. The smallest absolute Gasteiger partial charge is 0.408 e. The first-order valence-corrected chi connectivity index (χ1v) is 6.22. The van der Waals surface area contributed by atoms with Crippen molar-refractivity contribution < 1.29 is 19.4 Å². The molecule has 104 valence electrons. The Morgan fingerprint density at radius 2 is 1.89 bits per heavy atom. The molecule has 1 atom stereocenters. The molecule has 0 aliphatic carbocycles. The molecular weight excluding hydrogens is 236 g/mol. The van der Waals surface area contributed by atoms with Gasteiger partial charge in [-0.05, 0) is 46.7 Å². The lowest BCUT2D eigenvalue weighted by molar-refractivity contribution is -0.139. The van der Waals surface area contributed by atoms with Crippen LogP contribution in [-0.4, -0.2) is 53.3 Å². The topological polar surface area (TPSA) is 78.9 Å². The van der Waals surface area contributed by atoms with Crippen LogP contribution in [0, 0.1) is 0 Å². The molecule has 1 heterocycles. The Labute approximate surface area is 107 Å². The van der Waals surface area contributed by atoms with E-state index in [1.807, 2.05) is 4.90 Å². The van der Waals surface area contributed by atoms with Crippen molar-refractivity contribution in [2.75, 3.05) is 19.6 Å². The summed E-state index contributed by atoms with van der Waals surface area (Å²) in [7, 11) is 0. The average molecular weight is 258 g/mol. The summed E-state index contributed by atoms with van der Waals surface area (Å²) in [5, 5.41) is 11.5. The van der Waals surface area contributed by atoms with E-state index in [4.69, 9.17) is 9.84 Å². The van der Waals surface area contributed by atoms with Crippen LogP contribution in [0.5, 0.6) is 0 Å². The van der Waals surface area contributed by atoms with Crippen LogP contribution < -0.4 is 5.32 Å². The second-order valence-electron chi connectivity index (χ2n) is 5.54. The number of carbonyl (C=O) groups is 2. The number of hydrogen-bond donors (Lipinski definition) is 2. The highest BCUT2D eigenvalue weighted by Crippen LogP contribution is 2.09. The first kappa shape index (κ1) is 14.8. The molecular formula is C12H22N2O4. The first-order valence-electron chi connectivity index (χ1n) is 6.22. The predicted molar refractivity (Wildman–Crippen MR) is 66.5 cm³/mol. The van der Waals surface area contributed by atoms with Crippen LogP contribution in [0.15, 0.2) is 0 Å². The van der Waals surface area contributed by atoms with Gasteiger partial charge in [0.05, 0.1) is 0 Å². The van der Waals surface area contributed by atoms with Crippen LogP contribution in [0.4, 0.5) is 4.79 Å². The Bertz CT molecular complexity index is 306. The fraction of sp³-hybridized carbons (Fsp3) is 0.833. The minimum atomic E-state index is -1.03. The lowest BCUT2D eigenvalue weighted by atomic mass is 10.2. The van der Waals surface area contributed by atoms with E-state index in [1.165, 1.54) is 0 Å². The standard InChI is InChI=1S/C12H22N2O4/c1-12(2,3)18-11(17)13-9(10(15)16)8-14-6-4-5-7-14/h9H,4-8H2,1-3H3,(H,13,17)(H,15,16)/t9-/m0/s1. The molecule has 18 heavy (non-hydrogen) atoms. The molecule has 1 rings (SSSR count). The highest BCUT2D eigenvalue weighted by molar-refractivity contribution is 5.80. The summed E-state index contributed by atoms with van der Waals surface area (Å²) in [4.78, 5) is 24.7. The molecule has 1 aliphatic heterocycles. The number of carboxylic acid groups (broad SMARTS) is 1. The summed E-state index contributed by atoms with van der Waals surface area (Å²) < 4.78 is 5.05. The van der Waals surface area contributed by atoms with Crippen molar-refractivity contribution in [3.05, 3.63) is 0 Å². The molecule has 0 aromatic carbocycles. The minimum Gasteiger partial charge on any atom is -0.480 e. The third kappa shape index (κ3) is 5.35. The number of rotatable bonds is 4. The van der Waals surface area contributed by atoms with Crippen LogP contribution in [0.25, 0.3) is 0 Å². The van der Waals surface area contributed by atoms with Gasteiger partial charge in [0.1, 0.15) is 11.6 Å². The fourth-order valence-electron chi connectivity index (χ4n) is 1.86. The van der Waals surface area contributed by atoms with Crippen LogP contribution in [0.1, 0.15) is 33.6 Å². The van der Waals surface area contributed by atoms with Gasteiger partial charge in [0.2, 0.25) is 0 Å². The van der Waals surface area contributed by atoms with E-state index < -0.39 is 23.7 Å². The predicted octanol–water partition coefficient (Wildman–Crippen LogP) is 1.06. The second kappa shape index (κ2) is 6.04. The number of amides is 1. The van der Waals surface area contributed by atoms with Crippen molar-refractivity contribution in [1.29, 1.82) is 0 Å². The van der Waals surface area contributed by atoms with Crippen molar-refractivity contribution in [2.45, 2.75) is 45.3 Å². The fourth-order valence-corrected chi connectivity index (χ4v) is 1.86. The number of hydrogen-bond acceptors (Lipinski definition) is 4. The van der Waals surface area contributed by atoms with Crippen LogP contribution in [0.2, 0.25) is 0 Å². The summed E-state index contributed by atoms with van der Waals surface area (Å²) in [6.45, 7) is 7.32. The molecule has 1 fully saturated rings. The zero-order chi connectivity index (χ0) is 13.8. The average Bonchev–Trinajstić information content (AvgIpc) is 2.66. The molecule has 1 aliphatic rings. The normalized spacial score (nSPS) is 18.4. The van der Waals surface area contributed by atoms with Gasteiger partial charge in [-0.15, -0.1) is 0 Å². The molecule has 0 radical (unpaired) electrons. The Morgan fingerprint density at radius 3 is 2.33 bits per heavy atom. The first-order chi connectivity index (χ1) is 8.28. The Morgan fingerprint density at radius 1 is 1.33 bits per heavy atom. The molecule has 0 saturated carbocycles. The van der Waals surface area contributed by atoms with E-state index in [9.17, 15) is 9.59 Å². The van der Waals surface area contributed by atoms with E-state index in [0.717, 1.165) is 25.9 Å². The number of nitrogens with zero attached hydrogens (tertiary/aromatic N) is 1. The van der Waals surface area contributed by atoms with Gasteiger partial charge in [0, 0.05) is 6.54 Å². The van der Waals surface area contributed by atoms with Crippen LogP contribution in [-0.2, 0) is 9.53 Å². The van der Waals surface area contributed by atoms with Crippen molar-refractivity contribution in [1.82, 2.24) is 10.2 Å². The summed E-state index contributed by atoms with van der Waals surface area (Å²) in [5.41, 5.74) is -0.624.